The molecule has 0 bridgehead atoms. The van der Waals surface area contributed by atoms with Crippen LogP contribution < -0.4 is 15.4 Å². The fraction of sp³-hybridized carbons (Fsp3) is 0.458. The van der Waals surface area contributed by atoms with Crippen LogP contribution in [0.4, 0.5) is 22.0 Å². The number of aryl methyl sites for hydroxylation is 1. The lowest BCUT2D eigenvalue weighted by Gasteiger charge is -2.25. The standard InChI is InChI=1S/C24H30F5N3O4S/c1-2-16-5-3-6-17(9-16)14-30-15-22(33)21(12-18-10-19(25)13-20(26)11-18)32-23(34)7-4-8-31-37(35,36)24(27,28)29/h3,5-6,9-11,13,21-22,30-31,33H,2,4,7-8,12,14-15H2,1H3,(H,32,34)/t21-,22+/m0/s1. The van der Waals surface area contributed by atoms with Crippen molar-refractivity contribution in [2.24, 2.45) is 0 Å². The van der Waals surface area contributed by atoms with Crippen LogP contribution in [-0.2, 0) is 34.2 Å². The Morgan fingerprint density at radius 3 is 2.30 bits per heavy atom. The molecule has 4 N–H and O–H groups in total. The second kappa shape index (κ2) is 13.8. The van der Waals surface area contributed by atoms with E-state index in [4.69, 9.17) is 0 Å². The zero-order chi connectivity index (χ0) is 27.6. The molecule has 1 amide bonds. The van der Waals surface area contributed by atoms with E-state index in [0.29, 0.717) is 12.6 Å². The van der Waals surface area contributed by atoms with Gasteiger partial charge in [0, 0.05) is 32.1 Å². The van der Waals surface area contributed by atoms with Crippen LogP contribution in [0.2, 0.25) is 0 Å². The Bertz CT molecular complexity index is 1130. The van der Waals surface area contributed by atoms with Gasteiger partial charge in [0.1, 0.15) is 11.6 Å². The third-order valence-corrected chi connectivity index (χ3v) is 6.64. The third-order valence-electron chi connectivity index (χ3n) is 5.45. The zero-order valence-corrected chi connectivity index (χ0v) is 20.9. The molecule has 7 nitrogen and oxygen atoms in total. The summed E-state index contributed by atoms with van der Waals surface area (Å²) in [4.78, 5) is 12.4. The smallest absolute Gasteiger partial charge is 0.390 e. The number of carbonyl (C=O) groups excluding carboxylic acids is 1. The Hall–Kier alpha value is -2.61. The maximum atomic E-state index is 13.6. The van der Waals surface area contributed by atoms with Crippen LogP contribution in [0.3, 0.4) is 0 Å². The highest BCUT2D eigenvalue weighted by Gasteiger charge is 2.45. The number of hydrogen-bond acceptors (Lipinski definition) is 5. The number of aliphatic hydroxyl groups excluding tert-OH is 1. The topological polar surface area (TPSA) is 108 Å². The van der Waals surface area contributed by atoms with Gasteiger partial charge in [0.2, 0.25) is 5.91 Å². The van der Waals surface area contributed by atoms with Crippen LogP contribution in [-0.4, -0.2) is 50.2 Å². The predicted octanol–water partition coefficient (Wildman–Crippen LogP) is 2.92. The van der Waals surface area contributed by atoms with E-state index in [1.807, 2.05) is 31.2 Å². The molecule has 0 aliphatic carbocycles. The Labute approximate surface area is 212 Å². The molecule has 206 valence electrons. The van der Waals surface area contributed by atoms with Crippen molar-refractivity contribution in [2.75, 3.05) is 13.1 Å². The fourth-order valence-electron chi connectivity index (χ4n) is 3.55. The number of alkyl halides is 3. The predicted molar refractivity (Wildman–Crippen MR) is 128 cm³/mol. The molecule has 0 aliphatic heterocycles. The molecule has 2 aromatic carbocycles. The molecule has 0 unspecified atom stereocenters. The molecule has 37 heavy (non-hydrogen) atoms. The van der Waals surface area contributed by atoms with Gasteiger partial charge in [-0.3, -0.25) is 4.79 Å². The Balaban J connectivity index is 1.98. The average Bonchev–Trinajstić information content (AvgIpc) is 2.80. The lowest BCUT2D eigenvalue weighted by atomic mass is 10.00. The van der Waals surface area contributed by atoms with Crippen LogP contribution in [0.5, 0.6) is 0 Å². The maximum Gasteiger partial charge on any atom is 0.511 e. The number of benzene rings is 2. The highest BCUT2D eigenvalue weighted by Crippen LogP contribution is 2.21. The quantitative estimate of drug-likeness (QED) is 0.213. The van der Waals surface area contributed by atoms with Crippen molar-refractivity contribution in [2.45, 2.75) is 56.8 Å². The molecule has 0 radical (unpaired) electrons. The summed E-state index contributed by atoms with van der Waals surface area (Å²) in [5, 5.41) is 16.3. The number of sulfonamides is 1. The van der Waals surface area contributed by atoms with E-state index in [1.54, 1.807) is 0 Å². The molecule has 0 aromatic heterocycles. The average molecular weight is 552 g/mol. The number of carbonyl (C=O) groups is 1. The minimum atomic E-state index is -5.52. The van der Waals surface area contributed by atoms with Crippen LogP contribution in [0, 0.1) is 11.6 Å². The fourth-order valence-corrected chi connectivity index (χ4v) is 4.13. The number of amides is 1. The molecular weight excluding hydrogens is 521 g/mol. The highest BCUT2D eigenvalue weighted by atomic mass is 32.2. The van der Waals surface area contributed by atoms with Gasteiger partial charge in [-0.2, -0.15) is 13.2 Å². The zero-order valence-electron chi connectivity index (χ0n) is 20.1. The van der Waals surface area contributed by atoms with E-state index in [1.165, 1.54) is 4.72 Å². The van der Waals surface area contributed by atoms with Gasteiger partial charge in [-0.05, 0) is 48.1 Å². The van der Waals surface area contributed by atoms with Crippen molar-refractivity contribution < 1.29 is 40.3 Å². The van der Waals surface area contributed by atoms with Crippen LogP contribution in [0.15, 0.2) is 42.5 Å². The summed E-state index contributed by atoms with van der Waals surface area (Å²) < 4.78 is 87.8. The van der Waals surface area contributed by atoms with Crippen molar-refractivity contribution >= 4 is 15.9 Å². The number of rotatable bonds is 14. The summed E-state index contributed by atoms with van der Waals surface area (Å²) in [5.41, 5.74) is -3.18. The monoisotopic (exact) mass is 551 g/mol. The summed E-state index contributed by atoms with van der Waals surface area (Å²) in [5.74, 6) is -2.34. The van der Waals surface area contributed by atoms with Gasteiger partial charge in [0.15, 0.2) is 0 Å². The lowest BCUT2D eigenvalue weighted by Crippen LogP contribution is -2.48. The molecule has 2 aromatic rings. The van der Waals surface area contributed by atoms with Crippen molar-refractivity contribution in [3.63, 3.8) is 0 Å². The summed E-state index contributed by atoms with van der Waals surface area (Å²) in [6, 6.07) is 9.60. The van der Waals surface area contributed by atoms with E-state index in [-0.39, 0.29) is 31.4 Å². The van der Waals surface area contributed by atoms with E-state index in [0.717, 1.165) is 29.7 Å². The van der Waals surface area contributed by atoms with Crippen molar-refractivity contribution in [1.29, 1.82) is 0 Å². The molecule has 13 heteroatoms. The van der Waals surface area contributed by atoms with E-state index in [2.05, 4.69) is 10.6 Å². The molecular formula is C24H30F5N3O4S. The highest BCUT2D eigenvalue weighted by molar-refractivity contribution is 7.90. The Morgan fingerprint density at radius 2 is 1.68 bits per heavy atom. The first-order valence-electron chi connectivity index (χ1n) is 11.6. The molecule has 2 rings (SSSR count). The van der Waals surface area contributed by atoms with Gasteiger partial charge in [-0.1, -0.05) is 31.2 Å². The van der Waals surface area contributed by atoms with Gasteiger partial charge in [-0.25, -0.2) is 21.9 Å². The van der Waals surface area contributed by atoms with Crippen molar-refractivity contribution in [3.05, 3.63) is 70.8 Å². The molecule has 0 heterocycles. The van der Waals surface area contributed by atoms with Crippen molar-refractivity contribution in [1.82, 2.24) is 15.4 Å². The molecule has 0 saturated heterocycles. The van der Waals surface area contributed by atoms with E-state index in [9.17, 15) is 40.3 Å². The number of aliphatic hydroxyl groups is 1. The molecule has 0 aliphatic rings. The SMILES string of the molecule is CCc1cccc(CNC[C@@H](O)[C@H](Cc2cc(F)cc(F)c2)NC(=O)CCCNS(=O)(=O)C(F)(F)F)c1. The first-order chi connectivity index (χ1) is 17.3. The number of halogens is 5. The van der Waals surface area contributed by atoms with Crippen LogP contribution in [0.25, 0.3) is 0 Å². The third kappa shape index (κ3) is 10.3. The van der Waals surface area contributed by atoms with Gasteiger partial charge in [0.25, 0.3) is 0 Å². The van der Waals surface area contributed by atoms with Crippen molar-refractivity contribution in [3.8, 4) is 0 Å². The van der Waals surface area contributed by atoms with Gasteiger partial charge < -0.3 is 15.7 Å². The van der Waals surface area contributed by atoms with Gasteiger partial charge >= 0.3 is 15.5 Å². The molecule has 2 atom stereocenters. The summed E-state index contributed by atoms with van der Waals surface area (Å²) in [6.07, 6.45) is -1.06. The minimum absolute atomic E-state index is 0.0183. The Kier molecular flexibility index (Phi) is 11.4. The largest absolute Gasteiger partial charge is 0.511 e. The van der Waals surface area contributed by atoms with Crippen LogP contribution in [0.1, 0.15) is 36.5 Å². The first kappa shape index (κ1) is 30.6. The van der Waals surface area contributed by atoms with Gasteiger partial charge in [0.05, 0.1) is 12.1 Å². The van der Waals surface area contributed by atoms with Gasteiger partial charge in [-0.15, -0.1) is 0 Å². The Morgan fingerprint density at radius 1 is 1.03 bits per heavy atom. The maximum absolute atomic E-state index is 13.6. The second-order valence-corrected chi connectivity index (χ2v) is 10.2. The van der Waals surface area contributed by atoms with Crippen LogP contribution >= 0.6 is 0 Å². The second-order valence-electron chi connectivity index (χ2n) is 8.47. The normalized spacial score (nSPS) is 13.8. The minimum Gasteiger partial charge on any atom is -0.390 e. The van der Waals surface area contributed by atoms with E-state index >= 15 is 0 Å². The summed E-state index contributed by atoms with van der Waals surface area (Å²) in [6.45, 7) is 1.82. The lowest BCUT2D eigenvalue weighted by molar-refractivity contribution is -0.122. The number of nitrogens with one attached hydrogen (secondary N) is 3. The number of hydrogen-bond donors (Lipinski definition) is 4. The molecule has 0 spiro atoms. The first-order valence-corrected chi connectivity index (χ1v) is 13.1. The summed E-state index contributed by atoms with van der Waals surface area (Å²) >= 11 is 0. The summed E-state index contributed by atoms with van der Waals surface area (Å²) in [7, 11) is -5.52. The molecule has 0 fully saturated rings. The molecule has 0 saturated carbocycles. The van der Waals surface area contributed by atoms with E-state index < -0.39 is 51.8 Å².